The van der Waals surface area contributed by atoms with Crippen LogP contribution in [-0.2, 0) is 6.42 Å². The fraction of sp³-hybridized carbons (Fsp3) is 0.333. The van der Waals surface area contributed by atoms with E-state index in [1.807, 2.05) is 0 Å². The lowest BCUT2D eigenvalue weighted by molar-refractivity contribution is 0.764. The molecule has 0 unspecified atom stereocenters. The van der Waals surface area contributed by atoms with Crippen molar-refractivity contribution in [3.05, 3.63) is 41.6 Å². The second-order valence-corrected chi connectivity index (χ2v) is 3.80. The van der Waals surface area contributed by atoms with E-state index < -0.39 is 0 Å². The summed E-state index contributed by atoms with van der Waals surface area (Å²) >= 11 is 0. The van der Waals surface area contributed by atoms with Gasteiger partial charge in [-0.1, -0.05) is 38.1 Å². The molecule has 0 spiro atoms. The van der Waals surface area contributed by atoms with Gasteiger partial charge in [0.15, 0.2) is 0 Å². The molecule has 0 aliphatic carbocycles. The zero-order chi connectivity index (χ0) is 9.26. The Kier molecular flexibility index (Phi) is 2.09. The average molecular weight is 173 g/mol. The lowest BCUT2D eigenvalue weighted by Crippen LogP contribution is -2.12. The summed E-state index contributed by atoms with van der Waals surface area (Å²) in [6.45, 7) is 4.43. The van der Waals surface area contributed by atoms with Gasteiger partial charge >= 0.3 is 0 Å². The molecule has 13 heavy (non-hydrogen) atoms. The lowest BCUT2D eigenvalue weighted by atomic mass is 10.0. The summed E-state index contributed by atoms with van der Waals surface area (Å²) in [7, 11) is 0. The number of fused-ring (bicyclic) bond motifs is 1. The molecule has 0 fully saturated rings. The Balaban J connectivity index is 2.28. The first-order valence-electron chi connectivity index (χ1n) is 4.82. The second kappa shape index (κ2) is 3.25. The number of benzene rings is 1. The van der Waals surface area contributed by atoms with Crippen molar-refractivity contribution < 1.29 is 0 Å². The van der Waals surface area contributed by atoms with Crippen molar-refractivity contribution in [2.45, 2.75) is 20.3 Å². The van der Waals surface area contributed by atoms with Gasteiger partial charge in [-0.05, 0) is 24.0 Å². The maximum absolute atomic E-state index is 3.46. The number of allylic oxidation sites excluding steroid dienone is 2. The Morgan fingerprint density at radius 1 is 1.23 bits per heavy atom. The predicted octanol–water partition coefficient (Wildman–Crippen LogP) is 3.19. The Bertz CT molecular complexity index is 337. The highest BCUT2D eigenvalue weighted by Crippen LogP contribution is 2.25. The van der Waals surface area contributed by atoms with Gasteiger partial charge in [0, 0.05) is 11.4 Å². The van der Waals surface area contributed by atoms with E-state index in [2.05, 4.69) is 49.5 Å². The van der Waals surface area contributed by atoms with Crippen LogP contribution in [0.15, 0.2) is 36.0 Å². The minimum absolute atomic E-state index is 0.591. The van der Waals surface area contributed by atoms with E-state index >= 15 is 0 Å². The summed E-state index contributed by atoms with van der Waals surface area (Å²) in [5.74, 6) is 0.591. The van der Waals surface area contributed by atoms with Crippen LogP contribution in [0.25, 0.3) is 0 Å². The highest BCUT2D eigenvalue weighted by molar-refractivity contribution is 5.58. The maximum Gasteiger partial charge on any atom is 0.0417 e. The summed E-state index contributed by atoms with van der Waals surface area (Å²) in [6.07, 6.45) is 3.35. The summed E-state index contributed by atoms with van der Waals surface area (Å²) in [4.78, 5) is 0. The van der Waals surface area contributed by atoms with Crippen LogP contribution in [0.4, 0.5) is 5.69 Å². The van der Waals surface area contributed by atoms with Crippen molar-refractivity contribution in [1.29, 1.82) is 0 Å². The predicted molar refractivity (Wildman–Crippen MR) is 56.7 cm³/mol. The van der Waals surface area contributed by atoms with Crippen LogP contribution < -0.4 is 5.32 Å². The van der Waals surface area contributed by atoms with Crippen LogP contribution in [0.3, 0.4) is 0 Å². The molecule has 1 aromatic carbocycles. The van der Waals surface area contributed by atoms with E-state index in [1.165, 1.54) is 16.9 Å². The van der Waals surface area contributed by atoms with Gasteiger partial charge in [-0.15, -0.1) is 0 Å². The van der Waals surface area contributed by atoms with Crippen molar-refractivity contribution in [2.24, 2.45) is 5.92 Å². The van der Waals surface area contributed by atoms with Gasteiger partial charge < -0.3 is 5.32 Å². The highest BCUT2D eigenvalue weighted by atomic mass is 14.9. The van der Waals surface area contributed by atoms with Crippen LogP contribution in [0.5, 0.6) is 0 Å². The van der Waals surface area contributed by atoms with Crippen molar-refractivity contribution in [1.82, 2.24) is 0 Å². The van der Waals surface area contributed by atoms with Crippen LogP contribution in [-0.4, -0.2) is 0 Å². The molecular formula is C12H15N. The molecular weight excluding hydrogens is 158 g/mol. The second-order valence-electron chi connectivity index (χ2n) is 3.80. The van der Waals surface area contributed by atoms with Crippen molar-refractivity contribution >= 4 is 5.69 Å². The van der Waals surface area contributed by atoms with E-state index in [4.69, 9.17) is 0 Å². The molecule has 0 atom stereocenters. The quantitative estimate of drug-likeness (QED) is 0.687. The first-order chi connectivity index (χ1) is 6.27. The van der Waals surface area contributed by atoms with Gasteiger partial charge in [0.25, 0.3) is 0 Å². The fourth-order valence-corrected chi connectivity index (χ4v) is 1.63. The molecule has 0 saturated heterocycles. The third-order valence-electron chi connectivity index (χ3n) is 2.46. The van der Waals surface area contributed by atoms with E-state index in [-0.39, 0.29) is 0 Å². The molecule has 1 aromatic rings. The number of rotatable bonds is 1. The number of para-hydroxylation sites is 1. The zero-order valence-electron chi connectivity index (χ0n) is 8.17. The molecule has 0 bridgehead atoms. The molecule has 0 radical (unpaired) electrons. The Hall–Kier alpha value is -1.24. The Morgan fingerprint density at radius 2 is 2.00 bits per heavy atom. The molecule has 0 amide bonds. The molecule has 1 N–H and O–H groups in total. The largest absolute Gasteiger partial charge is 0.359 e. The summed E-state index contributed by atoms with van der Waals surface area (Å²) in [6, 6.07) is 8.49. The van der Waals surface area contributed by atoms with Crippen LogP contribution in [0.1, 0.15) is 19.4 Å². The van der Waals surface area contributed by atoms with E-state index in [9.17, 15) is 0 Å². The molecule has 1 heterocycles. The monoisotopic (exact) mass is 173 g/mol. The summed E-state index contributed by atoms with van der Waals surface area (Å²) < 4.78 is 0. The Labute approximate surface area is 79.5 Å². The number of hydrogen-bond acceptors (Lipinski definition) is 1. The number of nitrogens with one attached hydrogen (secondary N) is 1. The Morgan fingerprint density at radius 3 is 2.77 bits per heavy atom. The van der Waals surface area contributed by atoms with Gasteiger partial charge in [0.2, 0.25) is 0 Å². The van der Waals surface area contributed by atoms with Crippen LogP contribution >= 0.6 is 0 Å². The molecule has 1 aliphatic rings. The topological polar surface area (TPSA) is 12.0 Å². The minimum atomic E-state index is 0.591. The van der Waals surface area contributed by atoms with E-state index in [1.54, 1.807) is 0 Å². The van der Waals surface area contributed by atoms with Gasteiger partial charge in [-0.25, -0.2) is 0 Å². The summed E-state index contributed by atoms with van der Waals surface area (Å²) in [5, 5.41) is 3.46. The fourth-order valence-electron chi connectivity index (χ4n) is 1.63. The van der Waals surface area contributed by atoms with Gasteiger partial charge in [0.05, 0.1) is 0 Å². The first kappa shape index (κ1) is 8.36. The van der Waals surface area contributed by atoms with E-state index in [0.29, 0.717) is 5.92 Å². The van der Waals surface area contributed by atoms with Gasteiger partial charge in [0.1, 0.15) is 0 Å². The van der Waals surface area contributed by atoms with Crippen LogP contribution in [0, 0.1) is 5.92 Å². The molecule has 1 nitrogen and oxygen atoms in total. The summed E-state index contributed by atoms with van der Waals surface area (Å²) in [5.41, 5.74) is 4.01. The zero-order valence-corrected chi connectivity index (χ0v) is 8.17. The molecule has 2 rings (SSSR count). The smallest absolute Gasteiger partial charge is 0.0417 e. The standard InChI is InChI=1S/C12H15N/c1-9(2)11-8-7-10-5-3-4-6-12(10)13-11/h3-6,8-9,13H,7H2,1-2H3. The molecule has 1 heteroatoms. The van der Waals surface area contributed by atoms with Gasteiger partial charge in [-0.3, -0.25) is 0 Å². The normalized spacial score (nSPS) is 14.8. The van der Waals surface area contributed by atoms with Gasteiger partial charge in [-0.2, -0.15) is 0 Å². The third-order valence-corrected chi connectivity index (χ3v) is 2.46. The van der Waals surface area contributed by atoms with Crippen molar-refractivity contribution in [2.75, 3.05) is 5.32 Å². The molecule has 0 saturated carbocycles. The first-order valence-corrected chi connectivity index (χ1v) is 4.82. The number of anilines is 1. The molecule has 1 aliphatic heterocycles. The number of hydrogen-bond donors (Lipinski definition) is 1. The van der Waals surface area contributed by atoms with Crippen molar-refractivity contribution in [3.63, 3.8) is 0 Å². The van der Waals surface area contributed by atoms with Crippen LogP contribution in [0.2, 0.25) is 0 Å². The average Bonchev–Trinajstić information content (AvgIpc) is 2.17. The van der Waals surface area contributed by atoms with Crippen molar-refractivity contribution in [3.8, 4) is 0 Å². The maximum atomic E-state index is 3.46. The third kappa shape index (κ3) is 1.59. The molecule has 68 valence electrons. The minimum Gasteiger partial charge on any atom is -0.359 e. The molecule has 0 aromatic heterocycles. The lowest BCUT2D eigenvalue weighted by Gasteiger charge is -2.21. The SMILES string of the molecule is CC(C)C1=CCc2ccccc2N1. The van der Waals surface area contributed by atoms with E-state index in [0.717, 1.165) is 6.42 Å². The highest BCUT2D eigenvalue weighted by Gasteiger charge is 2.10.